The van der Waals surface area contributed by atoms with Gasteiger partial charge >= 0.3 is 0 Å². The molecule has 0 bridgehead atoms. The Labute approximate surface area is 120 Å². The van der Waals surface area contributed by atoms with Crippen LogP contribution < -0.4 is 0 Å². The second kappa shape index (κ2) is 17.4. The van der Waals surface area contributed by atoms with Gasteiger partial charge in [-0.3, -0.25) is 0 Å². The molecule has 0 aliphatic carbocycles. The van der Waals surface area contributed by atoms with Crippen LogP contribution in [0, 0.1) is 0 Å². The Morgan fingerprint density at radius 2 is 1.11 bits per heavy atom. The highest BCUT2D eigenvalue weighted by Gasteiger charge is 1.89. The maximum atomic E-state index is 8.65. The standard InChI is InChI=1S/C18H34O/c1-2-3-4-5-6-7-8-9-10-11-12-13-14-15-16-17-18-19/h7-10,19H,2-6,11-18H2,1H3/b8-7+,10-9?. The summed E-state index contributed by atoms with van der Waals surface area (Å²) in [7, 11) is 0. The molecule has 0 aromatic carbocycles. The van der Waals surface area contributed by atoms with Crippen molar-refractivity contribution in [1.29, 1.82) is 0 Å². The van der Waals surface area contributed by atoms with E-state index >= 15 is 0 Å². The first-order valence-electron chi connectivity index (χ1n) is 8.34. The highest BCUT2D eigenvalue weighted by molar-refractivity contribution is 5.02. The fraction of sp³-hybridized carbons (Fsp3) is 0.778. The minimum absolute atomic E-state index is 0.355. The molecule has 0 fully saturated rings. The third-order valence-electron chi connectivity index (χ3n) is 3.39. The third kappa shape index (κ3) is 17.4. The number of rotatable bonds is 14. The Morgan fingerprint density at radius 3 is 1.63 bits per heavy atom. The lowest BCUT2D eigenvalue weighted by molar-refractivity contribution is 0.282. The van der Waals surface area contributed by atoms with Crippen LogP contribution >= 0.6 is 0 Å². The Morgan fingerprint density at radius 1 is 0.632 bits per heavy atom. The van der Waals surface area contributed by atoms with Gasteiger partial charge in [0.25, 0.3) is 0 Å². The van der Waals surface area contributed by atoms with Gasteiger partial charge < -0.3 is 5.11 Å². The summed E-state index contributed by atoms with van der Waals surface area (Å²) in [4.78, 5) is 0. The lowest BCUT2D eigenvalue weighted by atomic mass is 10.1. The van der Waals surface area contributed by atoms with Crippen molar-refractivity contribution in [2.24, 2.45) is 0 Å². The summed E-state index contributed by atoms with van der Waals surface area (Å²) in [5, 5.41) is 8.65. The van der Waals surface area contributed by atoms with Gasteiger partial charge in [-0.15, -0.1) is 0 Å². The van der Waals surface area contributed by atoms with Crippen LogP contribution in [0.15, 0.2) is 24.3 Å². The van der Waals surface area contributed by atoms with Crippen molar-refractivity contribution < 1.29 is 5.11 Å². The van der Waals surface area contributed by atoms with E-state index in [2.05, 4.69) is 31.2 Å². The summed E-state index contributed by atoms with van der Waals surface area (Å²) in [6, 6.07) is 0. The molecule has 0 unspecified atom stereocenters. The smallest absolute Gasteiger partial charge is 0.0431 e. The highest BCUT2D eigenvalue weighted by atomic mass is 16.2. The summed E-state index contributed by atoms with van der Waals surface area (Å²) in [6.07, 6.45) is 24.2. The molecule has 1 heteroatoms. The number of aliphatic hydroxyl groups is 1. The predicted molar refractivity (Wildman–Crippen MR) is 86.4 cm³/mol. The van der Waals surface area contributed by atoms with Gasteiger partial charge in [0.15, 0.2) is 0 Å². The number of unbranched alkanes of at least 4 members (excludes halogenated alkanes) is 10. The zero-order chi connectivity index (χ0) is 14.0. The van der Waals surface area contributed by atoms with E-state index in [4.69, 9.17) is 5.11 Å². The maximum Gasteiger partial charge on any atom is 0.0431 e. The lowest BCUT2D eigenvalue weighted by Gasteiger charge is -1.98. The largest absolute Gasteiger partial charge is 0.396 e. The normalized spacial score (nSPS) is 11.9. The van der Waals surface area contributed by atoms with Crippen LogP contribution in [-0.2, 0) is 0 Å². The molecule has 0 aromatic heterocycles. The van der Waals surface area contributed by atoms with Crippen LogP contribution in [0.2, 0.25) is 0 Å². The molecule has 0 radical (unpaired) electrons. The average Bonchev–Trinajstić information content (AvgIpc) is 2.43. The van der Waals surface area contributed by atoms with Crippen molar-refractivity contribution in [2.45, 2.75) is 84.0 Å². The van der Waals surface area contributed by atoms with Crippen molar-refractivity contribution in [2.75, 3.05) is 6.61 Å². The molecule has 0 atom stereocenters. The van der Waals surface area contributed by atoms with Gasteiger partial charge in [0.1, 0.15) is 0 Å². The van der Waals surface area contributed by atoms with E-state index in [-0.39, 0.29) is 0 Å². The van der Waals surface area contributed by atoms with E-state index in [1.54, 1.807) is 0 Å². The molecule has 1 N–H and O–H groups in total. The van der Waals surface area contributed by atoms with E-state index in [9.17, 15) is 0 Å². The van der Waals surface area contributed by atoms with E-state index < -0.39 is 0 Å². The first-order chi connectivity index (χ1) is 9.41. The third-order valence-corrected chi connectivity index (χ3v) is 3.39. The highest BCUT2D eigenvalue weighted by Crippen LogP contribution is 2.07. The van der Waals surface area contributed by atoms with Crippen molar-refractivity contribution in [3.8, 4) is 0 Å². The first-order valence-corrected chi connectivity index (χ1v) is 8.34. The fourth-order valence-electron chi connectivity index (χ4n) is 2.12. The van der Waals surface area contributed by atoms with Crippen molar-refractivity contribution in [3.63, 3.8) is 0 Å². The van der Waals surface area contributed by atoms with E-state index in [0.717, 1.165) is 6.42 Å². The van der Waals surface area contributed by atoms with Crippen LogP contribution in [0.4, 0.5) is 0 Å². The molecule has 0 saturated carbocycles. The van der Waals surface area contributed by atoms with Gasteiger partial charge in [-0.05, 0) is 32.1 Å². The molecule has 0 amide bonds. The molecule has 0 saturated heterocycles. The Hall–Kier alpha value is -0.560. The van der Waals surface area contributed by atoms with Gasteiger partial charge in [0.05, 0.1) is 0 Å². The molecule has 1 nitrogen and oxygen atoms in total. The maximum absolute atomic E-state index is 8.65. The number of aliphatic hydroxyl groups excluding tert-OH is 1. The zero-order valence-corrected chi connectivity index (χ0v) is 12.9. The summed E-state index contributed by atoms with van der Waals surface area (Å²) in [5.74, 6) is 0. The fourth-order valence-corrected chi connectivity index (χ4v) is 2.12. The van der Waals surface area contributed by atoms with Crippen molar-refractivity contribution >= 4 is 0 Å². The first kappa shape index (κ1) is 18.4. The lowest BCUT2D eigenvalue weighted by Crippen LogP contribution is -1.83. The summed E-state index contributed by atoms with van der Waals surface area (Å²) in [5.41, 5.74) is 0. The second-order valence-corrected chi connectivity index (χ2v) is 5.34. The molecule has 19 heavy (non-hydrogen) atoms. The van der Waals surface area contributed by atoms with Crippen LogP contribution in [0.1, 0.15) is 84.0 Å². The molecule has 112 valence electrons. The van der Waals surface area contributed by atoms with Gasteiger partial charge in [0, 0.05) is 6.61 Å². The quantitative estimate of drug-likeness (QED) is 0.311. The van der Waals surface area contributed by atoms with Gasteiger partial charge in [-0.2, -0.15) is 0 Å². The molecule has 0 aromatic rings. The van der Waals surface area contributed by atoms with Gasteiger partial charge in [0.2, 0.25) is 0 Å². The predicted octanol–water partition coefficient (Wildman–Crippen LogP) is 5.79. The Kier molecular flexibility index (Phi) is 16.9. The van der Waals surface area contributed by atoms with E-state index in [0.29, 0.717) is 6.61 Å². The van der Waals surface area contributed by atoms with Crippen molar-refractivity contribution in [1.82, 2.24) is 0 Å². The molecule has 0 spiro atoms. The number of hydrogen-bond donors (Lipinski definition) is 1. The van der Waals surface area contributed by atoms with Gasteiger partial charge in [-0.25, -0.2) is 0 Å². The van der Waals surface area contributed by atoms with E-state index in [1.165, 1.54) is 70.6 Å². The molecule has 0 rings (SSSR count). The Balaban J connectivity index is 3.14. The average molecular weight is 266 g/mol. The van der Waals surface area contributed by atoms with Crippen LogP contribution in [0.3, 0.4) is 0 Å². The molecular formula is C18H34O. The van der Waals surface area contributed by atoms with E-state index in [1.807, 2.05) is 0 Å². The molecule has 0 heterocycles. The topological polar surface area (TPSA) is 20.2 Å². The molecular weight excluding hydrogens is 232 g/mol. The van der Waals surface area contributed by atoms with Crippen LogP contribution in [0.25, 0.3) is 0 Å². The minimum Gasteiger partial charge on any atom is -0.396 e. The second-order valence-electron chi connectivity index (χ2n) is 5.34. The molecule has 0 aliphatic rings. The number of hydrogen-bond acceptors (Lipinski definition) is 1. The monoisotopic (exact) mass is 266 g/mol. The number of allylic oxidation sites excluding steroid dienone is 4. The molecule has 0 aliphatic heterocycles. The summed E-state index contributed by atoms with van der Waals surface area (Å²) in [6.45, 7) is 2.61. The van der Waals surface area contributed by atoms with Crippen LogP contribution in [0.5, 0.6) is 0 Å². The van der Waals surface area contributed by atoms with Gasteiger partial charge in [-0.1, -0.05) is 76.2 Å². The van der Waals surface area contributed by atoms with Crippen LogP contribution in [-0.4, -0.2) is 11.7 Å². The SMILES string of the molecule is CCCCCC/C=C/C=CCCCCCCCCO. The minimum atomic E-state index is 0.355. The summed E-state index contributed by atoms with van der Waals surface area (Å²) < 4.78 is 0. The summed E-state index contributed by atoms with van der Waals surface area (Å²) >= 11 is 0. The Bertz CT molecular complexity index is 206. The zero-order valence-electron chi connectivity index (χ0n) is 12.9. The van der Waals surface area contributed by atoms with Crippen molar-refractivity contribution in [3.05, 3.63) is 24.3 Å².